The second-order valence-electron chi connectivity index (χ2n) is 13.8. The van der Waals surface area contributed by atoms with Crippen LogP contribution in [0.3, 0.4) is 0 Å². The molecular formula is C35H53N3O6S. The van der Waals surface area contributed by atoms with E-state index in [1.165, 1.54) is 18.4 Å². The molecule has 0 atom stereocenters. The maximum Gasteiger partial charge on any atom is 0.407 e. The van der Waals surface area contributed by atoms with E-state index in [0.29, 0.717) is 55.4 Å². The molecule has 9 nitrogen and oxygen atoms in total. The van der Waals surface area contributed by atoms with Crippen molar-refractivity contribution in [2.24, 2.45) is 17.8 Å². The molecule has 1 aliphatic carbocycles. The SMILES string of the molecule is COC(=O)c1sc(C#CC(C)C)cc1N(C(=O)C1CCC(C)CC1)C1CCN(C(=O)CCCCCNC(=O)OC(C)(C)C)CC1. The minimum absolute atomic E-state index is 0.0676. The fourth-order valence-electron chi connectivity index (χ4n) is 5.89. The first-order valence-electron chi connectivity index (χ1n) is 16.6. The van der Waals surface area contributed by atoms with Crippen molar-refractivity contribution in [2.75, 3.05) is 31.6 Å². The molecule has 1 saturated carbocycles. The van der Waals surface area contributed by atoms with E-state index in [0.717, 1.165) is 49.8 Å². The van der Waals surface area contributed by atoms with Crippen molar-refractivity contribution in [1.29, 1.82) is 0 Å². The van der Waals surface area contributed by atoms with Crippen LogP contribution >= 0.6 is 11.3 Å². The van der Waals surface area contributed by atoms with E-state index >= 15 is 0 Å². The lowest BCUT2D eigenvalue weighted by Gasteiger charge is -2.40. The second kappa shape index (κ2) is 17.0. The number of rotatable bonds is 10. The van der Waals surface area contributed by atoms with Crippen LogP contribution in [0.15, 0.2) is 6.07 Å². The summed E-state index contributed by atoms with van der Waals surface area (Å²) in [5, 5.41) is 2.76. The average molecular weight is 644 g/mol. The number of amides is 3. The zero-order valence-corrected chi connectivity index (χ0v) is 29.1. The molecule has 0 unspecified atom stereocenters. The van der Waals surface area contributed by atoms with Crippen LogP contribution in [-0.4, -0.2) is 67.2 Å². The number of methoxy groups -OCH3 is 1. The van der Waals surface area contributed by atoms with Gasteiger partial charge < -0.3 is 24.6 Å². The van der Waals surface area contributed by atoms with Gasteiger partial charge in [0, 0.05) is 43.9 Å². The van der Waals surface area contributed by atoms with Gasteiger partial charge in [-0.25, -0.2) is 9.59 Å². The van der Waals surface area contributed by atoms with Crippen LogP contribution in [0.4, 0.5) is 10.5 Å². The first-order chi connectivity index (χ1) is 21.3. The lowest BCUT2D eigenvalue weighted by Crippen LogP contribution is -2.51. The van der Waals surface area contributed by atoms with E-state index in [2.05, 4.69) is 24.1 Å². The maximum absolute atomic E-state index is 14.2. The highest BCUT2D eigenvalue weighted by molar-refractivity contribution is 7.15. The molecule has 3 rings (SSSR count). The van der Waals surface area contributed by atoms with Gasteiger partial charge >= 0.3 is 12.1 Å². The molecule has 250 valence electrons. The summed E-state index contributed by atoms with van der Waals surface area (Å²) in [6, 6.07) is 1.76. The molecule has 0 aromatic carbocycles. The summed E-state index contributed by atoms with van der Waals surface area (Å²) in [5.74, 6) is 6.78. The highest BCUT2D eigenvalue weighted by atomic mass is 32.1. The zero-order chi connectivity index (χ0) is 33.1. The van der Waals surface area contributed by atoms with Gasteiger partial charge in [-0.3, -0.25) is 9.59 Å². The van der Waals surface area contributed by atoms with Gasteiger partial charge in [0.15, 0.2) is 0 Å². The van der Waals surface area contributed by atoms with Crippen molar-refractivity contribution in [3.05, 3.63) is 15.8 Å². The monoisotopic (exact) mass is 643 g/mol. The maximum atomic E-state index is 14.2. The van der Waals surface area contributed by atoms with Gasteiger partial charge in [0.1, 0.15) is 10.5 Å². The Morgan fingerprint density at radius 1 is 1.04 bits per heavy atom. The summed E-state index contributed by atoms with van der Waals surface area (Å²) < 4.78 is 10.4. The largest absolute Gasteiger partial charge is 0.465 e. The number of esters is 1. The fourth-order valence-corrected chi connectivity index (χ4v) is 6.82. The van der Waals surface area contributed by atoms with Gasteiger partial charge in [-0.1, -0.05) is 39.0 Å². The number of alkyl carbamates (subject to hydrolysis) is 1. The number of likely N-dealkylation sites (tertiary alicyclic amines) is 1. The van der Waals surface area contributed by atoms with Gasteiger partial charge in [-0.2, -0.15) is 0 Å². The number of nitrogens with zero attached hydrogens (tertiary/aromatic N) is 2. The Kier molecular flexibility index (Phi) is 13.8. The summed E-state index contributed by atoms with van der Waals surface area (Å²) in [5.41, 5.74) is 0.0645. The summed E-state index contributed by atoms with van der Waals surface area (Å²) in [6.45, 7) is 13.4. The van der Waals surface area contributed by atoms with Crippen LogP contribution in [-0.2, 0) is 19.1 Å². The average Bonchev–Trinajstić information content (AvgIpc) is 3.41. The molecule has 3 amide bonds. The van der Waals surface area contributed by atoms with Gasteiger partial charge in [-0.15, -0.1) is 11.3 Å². The van der Waals surface area contributed by atoms with E-state index in [1.54, 1.807) is 0 Å². The molecule has 0 radical (unpaired) electrons. The minimum atomic E-state index is -0.527. The molecule has 2 heterocycles. The van der Waals surface area contributed by atoms with Crippen molar-refractivity contribution in [1.82, 2.24) is 10.2 Å². The van der Waals surface area contributed by atoms with Crippen LogP contribution in [0.2, 0.25) is 0 Å². The number of nitrogens with one attached hydrogen (secondary N) is 1. The molecule has 1 saturated heterocycles. The van der Waals surface area contributed by atoms with E-state index < -0.39 is 17.7 Å². The second-order valence-corrected chi connectivity index (χ2v) is 14.8. The third-order valence-electron chi connectivity index (χ3n) is 8.35. The Hall–Kier alpha value is -3.06. The molecule has 10 heteroatoms. The highest BCUT2D eigenvalue weighted by Crippen LogP contribution is 2.38. The third kappa shape index (κ3) is 11.4. The van der Waals surface area contributed by atoms with E-state index in [9.17, 15) is 19.2 Å². The van der Waals surface area contributed by atoms with Crippen molar-refractivity contribution in [3.8, 4) is 11.8 Å². The van der Waals surface area contributed by atoms with E-state index in [4.69, 9.17) is 9.47 Å². The van der Waals surface area contributed by atoms with E-state index in [1.807, 2.05) is 50.5 Å². The standard InChI is InChI=1S/C35H53N3O6S/c1-24(2)12-17-28-23-29(31(45-28)33(41)43-7)38(32(40)26-15-13-25(3)14-16-26)27-18-21-37(22-19-27)30(39)11-9-8-10-20-36-34(42)44-35(4,5)6/h23-27H,8-11,13-16,18-22H2,1-7H3,(H,36,42). The molecule has 45 heavy (non-hydrogen) atoms. The molecule has 2 aliphatic rings. The summed E-state index contributed by atoms with van der Waals surface area (Å²) in [6.07, 6.45) is 7.40. The Bertz CT molecular complexity index is 1220. The first-order valence-corrected chi connectivity index (χ1v) is 17.4. The molecule has 2 fully saturated rings. The first kappa shape index (κ1) is 36.4. The Morgan fingerprint density at radius 2 is 1.71 bits per heavy atom. The number of piperidine rings is 1. The topological polar surface area (TPSA) is 105 Å². The van der Waals surface area contributed by atoms with Crippen LogP contribution in [0.1, 0.15) is 120 Å². The number of anilines is 1. The Morgan fingerprint density at radius 3 is 2.31 bits per heavy atom. The lowest BCUT2D eigenvalue weighted by atomic mass is 9.82. The number of ether oxygens (including phenoxy) is 2. The number of hydrogen-bond donors (Lipinski definition) is 1. The Labute approximate surface area is 273 Å². The van der Waals surface area contributed by atoms with Crippen molar-refractivity contribution >= 4 is 40.9 Å². The molecule has 1 aromatic rings. The predicted molar refractivity (Wildman–Crippen MR) is 178 cm³/mol. The summed E-state index contributed by atoms with van der Waals surface area (Å²) in [7, 11) is 1.36. The third-order valence-corrected chi connectivity index (χ3v) is 9.37. The number of carbonyl (C=O) groups is 4. The van der Waals surface area contributed by atoms with Gasteiger partial charge in [0.2, 0.25) is 11.8 Å². The molecular weight excluding hydrogens is 590 g/mol. The van der Waals surface area contributed by atoms with Crippen molar-refractivity contribution in [2.45, 2.75) is 117 Å². The Balaban J connectivity index is 1.65. The van der Waals surface area contributed by atoms with E-state index in [-0.39, 0.29) is 29.7 Å². The predicted octanol–water partition coefficient (Wildman–Crippen LogP) is 6.78. The summed E-state index contributed by atoms with van der Waals surface area (Å²) >= 11 is 1.28. The molecule has 0 bridgehead atoms. The van der Waals surface area contributed by atoms with Crippen LogP contribution in [0.25, 0.3) is 0 Å². The van der Waals surface area contributed by atoms with Crippen molar-refractivity contribution in [3.63, 3.8) is 0 Å². The van der Waals surface area contributed by atoms with Crippen LogP contribution < -0.4 is 10.2 Å². The number of carbonyl (C=O) groups excluding carboxylic acids is 4. The molecule has 0 spiro atoms. The number of thiophene rings is 1. The van der Waals surface area contributed by atoms with Gasteiger partial charge in [0.25, 0.3) is 0 Å². The normalized spacial score (nSPS) is 19.0. The lowest BCUT2D eigenvalue weighted by molar-refractivity contribution is -0.132. The van der Waals surface area contributed by atoms with Crippen LogP contribution in [0, 0.1) is 29.6 Å². The minimum Gasteiger partial charge on any atom is -0.465 e. The summed E-state index contributed by atoms with van der Waals surface area (Å²) in [4.78, 5) is 56.9. The quantitative estimate of drug-likeness (QED) is 0.171. The number of unbranched alkanes of at least 4 members (excludes halogenated alkanes) is 2. The zero-order valence-electron chi connectivity index (χ0n) is 28.3. The van der Waals surface area contributed by atoms with Gasteiger partial charge in [0.05, 0.1) is 17.7 Å². The number of hydrogen-bond acceptors (Lipinski definition) is 7. The molecule has 1 aliphatic heterocycles. The molecule has 1 aromatic heterocycles. The van der Waals surface area contributed by atoms with Crippen molar-refractivity contribution < 1.29 is 28.7 Å². The van der Waals surface area contributed by atoms with Gasteiger partial charge in [-0.05, 0) is 84.1 Å². The molecule has 1 N–H and O–H groups in total. The fraction of sp³-hybridized carbons (Fsp3) is 0.714. The highest BCUT2D eigenvalue weighted by Gasteiger charge is 2.38. The smallest absolute Gasteiger partial charge is 0.407 e. The van der Waals surface area contributed by atoms with Crippen LogP contribution in [0.5, 0.6) is 0 Å².